The molecule has 1 saturated heterocycles. The number of ether oxygens (including phenoxy) is 2. The normalized spacial score (nSPS) is 31.4. The van der Waals surface area contributed by atoms with E-state index >= 15 is 0 Å². The van der Waals surface area contributed by atoms with Crippen LogP contribution in [0.3, 0.4) is 0 Å². The first-order chi connectivity index (χ1) is 16.9. The van der Waals surface area contributed by atoms with Crippen molar-refractivity contribution in [3.05, 3.63) is 57.6 Å². The van der Waals surface area contributed by atoms with E-state index in [4.69, 9.17) is 20.9 Å². The zero-order valence-corrected chi connectivity index (χ0v) is 19.9. The summed E-state index contributed by atoms with van der Waals surface area (Å²) in [6.07, 6.45) is -3.94. The van der Waals surface area contributed by atoms with Gasteiger partial charge in [-0.25, -0.2) is 0 Å². The average molecular weight is 497 g/mol. The van der Waals surface area contributed by atoms with Gasteiger partial charge in [0.05, 0.1) is 29.4 Å². The number of hydrogen-bond acceptors (Lipinski definition) is 10. The summed E-state index contributed by atoms with van der Waals surface area (Å²) in [6, 6.07) is 5.60. The monoisotopic (exact) mass is 496 g/mol. The van der Waals surface area contributed by atoms with E-state index < -0.39 is 59.3 Å². The van der Waals surface area contributed by atoms with E-state index in [2.05, 4.69) is 0 Å². The lowest BCUT2D eigenvalue weighted by molar-refractivity contribution is -0.246. The lowest BCUT2D eigenvalue weighted by Gasteiger charge is -2.42. The fraction of sp³-hybridized carbons (Fsp3) is 0.423. The summed E-state index contributed by atoms with van der Waals surface area (Å²) in [5, 5.41) is 32.6. The van der Waals surface area contributed by atoms with Crippen molar-refractivity contribution in [2.75, 3.05) is 5.73 Å². The number of anilines is 1. The molecule has 10 heteroatoms. The Morgan fingerprint density at radius 3 is 2.36 bits per heavy atom. The summed E-state index contributed by atoms with van der Waals surface area (Å²) >= 11 is 0. The lowest BCUT2D eigenvalue weighted by Crippen LogP contribution is -2.52. The molecule has 0 radical (unpaired) electrons. The van der Waals surface area contributed by atoms with Crippen molar-refractivity contribution in [1.82, 2.24) is 0 Å². The molecule has 0 bridgehead atoms. The van der Waals surface area contributed by atoms with Crippen LogP contribution in [0.25, 0.3) is 0 Å². The number of benzene rings is 2. The molecule has 6 atom stereocenters. The van der Waals surface area contributed by atoms with E-state index in [-0.39, 0.29) is 58.3 Å². The van der Waals surface area contributed by atoms with Crippen LogP contribution in [-0.4, -0.2) is 62.8 Å². The molecular formula is C26H28N2O8. The van der Waals surface area contributed by atoms with Gasteiger partial charge in [-0.2, -0.15) is 0 Å². The van der Waals surface area contributed by atoms with Gasteiger partial charge in [0.15, 0.2) is 23.6 Å². The van der Waals surface area contributed by atoms with Gasteiger partial charge in [-0.15, -0.1) is 0 Å². The molecule has 7 N–H and O–H groups in total. The zero-order chi connectivity index (χ0) is 26.1. The number of phenols is 1. The van der Waals surface area contributed by atoms with Gasteiger partial charge in [-0.1, -0.05) is 24.3 Å². The Balaban J connectivity index is 1.66. The zero-order valence-electron chi connectivity index (χ0n) is 19.9. The molecule has 1 aliphatic heterocycles. The molecule has 0 saturated carbocycles. The Labute approximate surface area is 206 Å². The second kappa shape index (κ2) is 8.46. The molecule has 10 nitrogen and oxygen atoms in total. The molecule has 3 aliphatic rings. The van der Waals surface area contributed by atoms with Crippen LogP contribution in [0, 0.1) is 0 Å². The van der Waals surface area contributed by atoms with Gasteiger partial charge in [0.25, 0.3) is 0 Å². The Morgan fingerprint density at radius 2 is 1.78 bits per heavy atom. The summed E-state index contributed by atoms with van der Waals surface area (Å²) in [4.78, 5) is 39.2. The molecular weight excluding hydrogens is 468 g/mol. The molecule has 1 fully saturated rings. The largest absolute Gasteiger partial charge is 0.507 e. The van der Waals surface area contributed by atoms with E-state index in [1.807, 2.05) is 0 Å². The van der Waals surface area contributed by atoms with Crippen LogP contribution in [0.1, 0.15) is 75.8 Å². The van der Waals surface area contributed by atoms with E-state index in [0.29, 0.717) is 0 Å². The number of aromatic hydroxyl groups is 1. The topological polar surface area (TPSA) is 182 Å². The molecule has 0 spiro atoms. The molecule has 2 aromatic carbocycles. The molecule has 190 valence electrons. The number of hydrogen-bond donors (Lipinski definition) is 5. The van der Waals surface area contributed by atoms with Gasteiger partial charge in [-0.05, 0) is 13.8 Å². The third-order valence-corrected chi connectivity index (χ3v) is 7.56. The predicted octanol–water partition coefficient (Wildman–Crippen LogP) is 0.897. The second-order valence-electron chi connectivity index (χ2n) is 9.86. The van der Waals surface area contributed by atoms with Crippen molar-refractivity contribution < 1.29 is 39.2 Å². The van der Waals surface area contributed by atoms with Crippen LogP contribution in [0.5, 0.6) is 5.75 Å². The van der Waals surface area contributed by atoms with Crippen molar-refractivity contribution in [2.24, 2.45) is 5.73 Å². The minimum Gasteiger partial charge on any atom is -0.507 e. The smallest absolute Gasteiger partial charge is 0.198 e. The number of rotatable bonds is 3. The minimum absolute atomic E-state index is 0.0607. The second-order valence-corrected chi connectivity index (χ2v) is 9.86. The number of aliphatic hydroxyl groups excluding tert-OH is 1. The Kier molecular flexibility index (Phi) is 5.77. The summed E-state index contributed by atoms with van der Waals surface area (Å²) in [7, 11) is 0. The first-order valence-electron chi connectivity index (χ1n) is 11.8. The van der Waals surface area contributed by atoms with Crippen molar-refractivity contribution in [3.63, 3.8) is 0 Å². The number of nitrogen functional groups attached to an aromatic ring is 1. The number of carbonyl (C=O) groups excluding carboxylic acids is 3. The maximum absolute atomic E-state index is 13.4. The highest BCUT2D eigenvalue weighted by Gasteiger charge is 2.48. The number of carbonyl (C=O) groups is 3. The third kappa shape index (κ3) is 3.56. The summed E-state index contributed by atoms with van der Waals surface area (Å²) < 4.78 is 11.9. The van der Waals surface area contributed by atoms with Gasteiger partial charge < -0.3 is 36.3 Å². The highest BCUT2D eigenvalue weighted by Crippen LogP contribution is 2.50. The van der Waals surface area contributed by atoms with E-state index in [0.717, 1.165) is 0 Å². The molecule has 0 aromatic heterocycles. The molecule has 2 aromatic rings. The molecule has 2 aliphatic carbocycles. The standard InChI is InChI=1S/C26H28N2O8/c1-10-22(30)15(27)7-17(35-10)36-16-9-26(34,11(2)29)8-14-18(16)21(28)19-20(25(14)33)24(32)13-6-4-3-5-12(13)23(19)31/h3-6,10,15-17,22,30,33-34H,7-9,27-28H2,1-2H3/t10-,15-,16-,17-,22+,26-/m0/s1. The maximum atomic E-state index is 13.4. The third-order valence-electron chi connectivity index (χ3n) is 7.56. The molecule has 0 amide bonds. The van der Waals surface area contributed by atoms with Crippen molar-refractivity contribution in [1.29, 1.82) is 0 Å². The van der Waals surface area contributed by atoms with Gasteiger partial charge in [0.2, 0.25) is 0 Å². The fourth-order valence-corrected chi connectivity index (χ4v) is 5.49. The van der Waals surface area contributed by atoms with Crippen LogP contribution in [0.15, 0.2) is 24.3 Å². The number of fused-ring (bicyclic) bond motifs is 3. The Bertz CT molecular complexity index is 1300. The maximum Gasteiger partial charge on any atom is 0.198 e. The van der Waals surface area contributed by atoms with Gasteiger partial charge in [0.1, 0.15) is 11.4 Å². The van der Waals surface area contributed by atoms with E-state index in [9.17, 15) is 29.7 Å². The van der Waals surface area contributed by atoms with Gasteiger partial charge in [-0.3, -0.25) is 14.4 Å². The van der Waals surface area contributed by atoms with Crippen molar-refractivity contribution >= 4 is 23.0 Å². The molecule has 0 unspecified atom stereocenters. The molecule has 36 heavy (non-hydrogen) atoms. The van der Waals surface area contributed by atoms with Gasteiger partial charge >= 0.3 is 0 Å². The molecule has 5 rings (SSSR count). The number of Topliss-reactive ketones (excluding diaryl/α,β-unsaturated/α-hetero) is 1. The number of aliphatic hydroxyl groups is 2. The van der Waals surface area contributed by atoms with E-state index in [1.165, 1.54) is 19.1 Å². The van der Waals surface area contributed by atoms with Crippen LogP contribution >= 0.6 is 0 Å². The van der Waals surface area contributed by atoms with E-state index in [1.54, 1.807) is 19.1 Å². The summed E-state index contributed by atoms with van der Waals surface area (Å²) in [5.41, 5.74) is 10.7. The average Bonchev–Trinajstić information content (AvgIpc) is 2.82. The molecule has 1 heterocycles. The first-order valence-corrected chi connectivity index (χ1v) is 11.8. The van der Waals surface area contributed by atoms with Crippen LogP contribution < -0.4 is 11.5 Å². The fourth-order valence-electron chi connectivity index (χ4n) is 5.49. The van der Waals surface area contributed by atoms with Gasteiger partial charge in [0, 0.05) is 53.2 Å². The van der Waals surface area contributed by atoms with Crippen LogP contribution in [0.4, 0.5) is 5.69 Å². The summed E-state index contributed by atoms with van der Waals surface area (Å²) in [5.74, 6) is -2.17. The minimum atomic E-state index is -1.92. The predicted molar refractivity (Wildman–Crippen MR) is 127 cm³/mol. The quantitative estimate of drug-likeness (QED) is 0.258. The Hall–Kier alpha value is -3.15. The van der Waals surface area contributed by atoms with Crippen LogP contribution in [0.2, 0.25) is 0 Å². The Morgan fingerprint density at radius 1 is 1.17 bits per heavy atom. The number of phenolic OH excluding ortho intramolecular Hbond substituents is 1. The lowest BCUT2D eigenvalue weighted by atomic mass is 9.71. The van der Waals surface area contributed by atoms with Crippen LogP contribution in [-0.2, 0) is 20.7 Å². The highest BCUT2D eigenvalue weighted by atomic mass is 16.7. The van der Waals surface area contributed by atoms with Crippen molar-refractivity contribution in [3.8, 4) is 5.75 Å². The number of nitrogens with two attached hydrogens (primary N) is 2. The highest BCUT2D eigenvalue weighted by molar-refractivity contribution is 6.31. The first kappa shape index (κ1) is 24.5. The number of ketones is 3. The SMILES string of the molecule is CC(=O)[C@]1(O)Cc2c(O)c3c(c(N)c2[C@@H](O[C@H]2C[C@H](N)[C@H](O)[C@H](C)O2)C1)C(=O)c1ccccc1C3=O. The summed E-state index contributed by atoms with van der Waals surface area (Å²) in [6.45, 7) is 2.86. The van der Waals surface area contributed by atoms with Crippen molar-refractivity contribution in [2.45, 2.75) is 69.4 Å².